The van der Waals surface area contributed by atoms with Crippen LogP contribution in [0, 0.1) is 16.0 Å². The summed E-state index contributed by atoms with van der Waals surface area (Å²) in [6.45, 7) is 0.960. The molecule has 10 heteroatoms. The second-order valence-electron chi connectivity index (χ2n) is 7.97. The van der Waals surface area contributed by atoms with E-state index in [2.05, 4.69) is 5.32 Å². The molecule has 1 aromatic carbocycles. The third-order valence-electron chi connectivity index (χ3n) is 6.24. The quantitative estimate of drug-likeness (QED) is 0.535. The molecule has 168 valence electrons. The van der Waals surface area contributed by atoms with Crippen LogP contribution in [-0.2, 0) is 17.4 Å². The molecule has 1 saturated heterocycles. The van der Waals surface area contributed by atoms with Crippen LogP contribution in [0.4, 0.5) is 18.9 Å². The number of hydrogen-bond donors (Lipinski definition) is 1. The van der Waals surface area contributed by atoms with E-state index in [0.29, 0.717) is 18.0 Å². The van der Waals surface area contributed by atoms with Crippen LogP contribution in [0.1, 0.15) is 49.7 Å². The molecule has 2 aliphatic rings. The van der Waals surface area contributed by atoms with Crippen molar-refractivity contribution in [3.05, 3.63) is 39.4 Å². The number of rotatable bonds is 5. The molecule has 0 spiro atoms. The van der Waals surface area contributed by atoms with E-state index in [9.17, 15) is 28.1 Å². The number of carbonyl (C=O) groups excluding carboxylic acids is 1. The number of alkyl halides is 3. The zero-order chi connectivity index (χ0) is 21.2. The molecule has 6 nitrogen and oxygen atoms in total. The molecule has 0 radical (unpaired) electrons. The number of likely N-dealkylation sites (N-methyl/N-ethyl adjacent to an activating group) is 1. The van der Waals surface area contributed by atoms with E-state index in [-0.39, 0.29) is 29.9 Å². The molecule has 3 unspecified atom stereocenters. The molecule has 1 N–H and O–H groups in total. The number of nitrogens with zero attached hydrogens (tertiary/aromatic N) is 2. The highest BCUT2D eigenvalue weighted by molar-refractivity contribution is 5.85. The van der Waals surface area contributed by atoms with Gasteiger partial charge in [-0.1, -0.05) is 25.0 Å². The van der Waals surface area contributed by atoms with Crippen molar-refractivity contribution in [1.82, 2.24) is 10.2 Å². The molecule has 1 aromatic rings. The van der Waals surface area contributed by atoms with Crippen LogP contribution in [0.5, 0.6) is 0 Å². The van der Waals surface area contributed by atoms with Gasteiger partial charge in [-0.05, 0) is 44.2 Å². The lowest BCUT2D eigenvalue weighted by Crippen LogP contribution is -2.50. The zero-order valence-electron chi connectivity index (χ0n) is 16.8. The van der Waals surface area contributed by atoms with Crippen LogP contribution >= 0.6 is 12.4 Å². The number of nitrogens with one attached hydrogen (secondary N) is 1. The van der Waals surface area contributed by atoms with E-state index < -0.39 is 28.8 Å². The molecule has 2 fully saturated rings. The van der Waals surface area contributed by atoms with Crippen molar-refractivity contribution in [3.8, 4) is 0 Å². The molecule has 3 rings (SSSR count). The summed E-state index contributed by atoms with van der Waals surface area (Å²) in [5, 5.41) is 14.8. The van der Waals surface area contributed by atoms with Gasteiger partial charge in [0.25, 0.3) is 5.69 Å². The Morgan fingerprint density at radius 1 is 1.23 bits per heavy atom. The number of carbonyl (C=O) groups is 1. The smallest absolute Gasteiger partial charge is 0.342 e. The number of hydrogen-bond acceptors (Lipinski definition) is 4. The Balaban J connectivity index is 0.00000320. The number of nitro benzene ring substituents is 1. The lowest BCUT2D eigenvalue weighted by Gasteiger charge is -2.41. The highest BCUT2D eigenvalue weighted by Gasteiger charge is 2.41. The largest absolute Gasteiger partial charge is 0.423 e. The van der Waals surface area contributed by atoms with E-state index in [0.717, 1.165) is 51.1 Å². The first-order valence-corrected chi connectivity index (χ1v) is 10.0. The number of benzene rings is 1. The Labute approximate surface area is 179 Å². The van der Waals surface area contributed by atoms with Crippen LogP contribution in [0.2, 0.25) is 0 Å². The normalized spacial score (nSPS) is 24.2. The zero-order valence-corrected chi connectivity index (χ0v) is 17.6. The van der Waals surface area contributed by atoms with Crippen LogP contribution in [0.3, 0.4) is 0 Å². The predicted molar refractivity (Wildman–Crippen MR) is 109 cm³/mol. The Bertz CT molecular complexity index is 769. The van der Waals surface area contributed by atoms with E-state index >= 15 is 0 Å². The van der Waals surface area contributed by atoms with Crippen molar-refractivity contribution in [2.45, 2.75) is 63.2 Å². The number of para-hydroxylation sites is 1. The Morgan fingerprint density at radius 3 is 2.53 bits per heavy atom. The number of amides is 1. The molecule has 1 saturated carbocycles. The topological polar surface area (TPSA) is 75.5 Å². The summed E-state index contributed by atoms with van der Waals surface area (Å²) in [7, 11) is 1.67. The summed E-state index contributed by atoms with van der Waals surface area (Å²) >= 11 is 0. The second kappa shape index (κ2) is 9.96. The molecule has 1 aliphatic carbocycles. The summed E-state index contributed by atoms with van der Waals surface area (Å²) in [6, 6.07) is 3.37. The highest BCUT2D eigenvalue weighted by atomic mass is 35.5. The Hall–Kier alpha value is -1.87. The van der Waals surface area contributed by atoms with Gasteiger partial charge < -0.3 is 10.2 Å². The van der Waals surface area contributed by atoms with E-state index in [1.54, 1.807) is 11.9 Å². The summed E-state index contributed by atoms with van der Waals surface area (Å²) in [5.74, 6) is -0.0842. The first-order chi connectivity index (χ1) is 13.7. The standard InChI is InChI=1S/C20H26F3N3O3.ClH/c1-25(17-10-3-2-7-14(17)16-9-5-11-24-16)18(27)12-13-6-4-8-15(20(21,22)23)19(13)26(28)29;/h4,6,8,14,16-17,24H,2-3,5,7,9-12H2,1H3;1H. The van der Waals surface area contributed by atoms with Gasteiger partial charge in [0.15, 0.2) is 0 Å². The van der Waals surface area contributed by atoms with Crippen molar-refractivity contribution < 1.29 is 22.9 Å². The fraction of sp³-hybridized carbons (Fsp3) is 0.650. The third-order valence-corrected chi connectivity index (χ3v) is 6.24. The van der Waals surface area contributed by atoms with Crippen molar-refractivity contribution in [1.29, 1.82) is 0 Å². The summed E-state index contributed by atoms with van der Waals surface area (Å²) in [5.41, 5.74) is -2.55. The first-order valence-electron chi connectivity index (χ1n) is 10.0. The molecule has 3 atom stereocenters. The minimum atomic E-state index is -4.85. The van der Waals surface area contributed by atoms with Gasteiger partial charge in [-0.25, -0.2) is 0 Å². The SMILES string of the molecule is CN(C(=O)Cc1cccc(C(F)(F)F)c1[N+](=O)[O-])C1CCCCC1C1CCCN1.Cl. The van der Waals surface area contributed by atoms with Gasteiger partial charge in [-0.2, -0.15) is 13.2 Å². The maximum atomic E-state index is 13.2. The maximum absolute atomic E-state index is 13.2. The van der Waals surface area contributed by atoms with E-state index in [1.165, 1.54) is 6.07 Å². The van der Waals surface area contributed by atoms with Crippen LogP contribution < -0.4 is 5.32 Å². The molecular weight excluding hydrogens is 423 g/mol. The van der Waals surface area contributed by atoms with Gasteiger partial charge >= 0.3 is 6.18 Å². The van der Waals surface area contributed by atoms with Crippen LogP contribution in [0.25, 0.3) is 0 Å². The highest BCUT2D eigenvalue weighted by Crippen LogP contribution is 2.38. The third kappa shape index (κ3) is 5.24. The van der Waals surface area contributed by atoms with Gasteiger partial charge in [0.05, 0.1) is 11.3 Å². The summed E-state index contributed by atoms with van der Waals surface area (Å²) in [4.78, 5) is 24.8. The van der Waals surface area contributed by atoms with Crippen LogP contribution in [0.15, 0.2) is 18.2 Å². The molecular formula is C20H27ClF3N3O3. The Morgan fingerprint density at radius 2 is 1.93 bits per heavy atom. The van der Waals surface area contributed by atoms with Gasteiger partial charge in [0.1, 0.15) is 5.56 Å². The van der Waals surface area contributed by atoms with Crippen molar-refractivity contribution in [2.24, 2.45) is 5.92 Å². The fourth-order valence-corrected chi connectivity index (χ4v) is 4.82. The van der Waals surface area contributed by atoms with Crippen molar-refractivity contribution in [3.63, 3.8) is 0 Å². The minimum Gasteiger partial charge on any atom is -0.342 e. The lowest BCUT2D eigenvalue weighted by molar-refractivity contribution is -0.388. The average Bonchev–Trinajstić information content (AvgIpc) is 3.21. The Kier molecular flexibility index (Phi) is 8.10. The average molecular weight is 450 g/mol. The van der Waals surface area contributed by atoms with Gasteiger partial charge in [-0.3, -0.25) is 14.9 Å². The number of nitro groups is 1. The molecule has 0 bridgehead atoms. The molecule has 30 heavy (non-hydrogen) atoms. The summed E-state index contributed by atoms with van der Waals surface area (Å²) < 4.78 is 39.6. The second-order valence-corrected chi connectivity index (χ2v) is 7.97. The van der Waals surface area contributed by atoms with E-state index in [4.69, 9.17) is 0 Å². The van der Waals surface area contributed by atoms with Gasteiger partial charge in [0, 0.05) is 24.7 Å². The maximum Gasteiger partial charge on any atom is 0.423 e. The first kappa shape index (κ1) is 24.4. The van der Waals surface area contributed by atoms with Crippen molar-refractivity contribution >= 4 is 24.0 Å². The molecule has 0 aromatic heterocycles. The van der Waals surface area contributed by atoms with Crippen molar-refractivity contribution in [2.75, 3.05) is 13.6 Å². The van der Waals surface area contributed by atoms with Gasteiger partial charge in [-0.15, -0.1) is 12.4 Å². The summed E-state index contributed by atoms with van der Waals surface area (Å²) in [6.07, 6.45) is 0.827. The monoisotopic (exact) mass is 449 g/mol. The van der Waals surface area contributed by atoms with Gasteiger partial charge in [0.2, 0.25) is 5.91 Å². The minimum absolute atomic E-state index is 0. The molecule has 1 aliphatic heterocycles. The molecule has 1 heterocycles. The molecule has 1 amide bonds. The van der Waals surface area contributed by atoms with Crippen LogP contribution in [-0.4, -0.2) is 41.4 Å². The van der Waals surface area contributed by atoms with E-state index in [1.807, 2.05) is 0 Å². The fourth-order valence-electron chi connectivity index (χ4n) is 4.82. The number of halogens is 4. The lowest BCUT2D eigenvalue weighted by atomic mass is 9.78. The predicted octanol–water partition coefficient (Wildman–Crippen LogP) is 4.35.